The molecule has 0 atom stereocenters. The molecule has 1 heterocycles. The fourth-order valence-electron chi connectivity index (χ4n) is 3.62. The van der Waals surface area contributed by atoms with E-state index in [-0.39, 0.29) is 0 Å². The van der Waals surface area contributed by atoms with E-state index < -0.39 is 8.07 Å². The molecule has 2 nitrogen and oxygen atoms in total. The highest BCUT2D eigenvalue weighted by Gasteiger charge is 2.39. The monoisotopic (exact) mass is 408 g/mol. The first-order chi connectivity index (χ1) is 13.2. The van der Waals surface area contributed by atoms with E-state index in [4.69, 9.17) is 23.2 Å². The van der Waals surface area contributed by atoms with Crippen LogP contribution < -0.4 is 15.6 Å². The minimum atomic E-state index is -2.37. The minimum Gasteiger partial charge on any atom is -0.339 e. The third-order valence-corrected chi connectivity index (χ3v) is 10.2. The third-order valence-electron chi connectivity index (χ3n) is 4.92. The molecule has 0 unspecified atom stereocenters. The van der Waals surface area contributed by atoms with Crippen molar-refractivity contribution in [2.45, 2.75) is 6.17 Å². The Morgan fingerprint density at radius 1 is 0.704 bits per heavy atom. The van der Waals surface area contributed by atoms with Crippen LogP contribution in [0.5, 0.6) is 0 Å². The molecular formula is C22H18Cl2N2Si. The van der Waals surface area contributed by atoms with E-state index in [1.54, 1.807) is 0 Å². The number of hydrogen-bond donors (Lipinski definition) is 0. The Bertz CT molecular complexity index is 953. The molecule has 0 aliphatic rings. The Kier molecular flexibility index (Phi) is 5.17. The summed E-state index contributed by atoms with van der Waals surface area (Å²) in [5.74, 6) is 0. The van der Waals surface area contributed by atoms with E-state index in [9.17, 15) is 0 Å². The van der Waals surface area contributed by atoms with Gasteiger partial charge in [0.25, 0.3) is 0 Å². The van der Waals surface area contributed by atoms with Gasteiger partial charge >= 0.3 is 0 Å². The van der Waals surface area contributed by atoms with Gasteiger partial charge in [-0.3, -0.25) is 0 Å². The second-order valence-electron chi connectivity index (χ2n) is 6.52. The van der Waals surface area contributed by atoms with Crippen LogP contribution in [0.25, 0.3) is 0 Å². The van der Waals surface area contributed by atoms with Crippen LogP contribution in [0.15, 0.2) is 97.6 Å². The molecular weight excluding hydrogens is 391 g/mol. The molecule has 4 rings (SSSR count). The summed E-state index contributed by atoms with van der Waals surface area (Å²) in [5, 5.41) is 5.42. The van der Waals surface area contributed by atoms with Crippen molar-refractivity contribution in [1.29, 1.82) is 0 Å². The van der Waals surface area contributed by atoms with Crippen molar-refractivity contribution < 1.29 is 0 Å². The van der Waals surface area contributed by atoms with Crippen LogP contribution in [0.2, 0.25) is 10.0 Å². The van der Waals surface area contributed by atoms with E-state index >= 15 is 0 Å². The Hall–Kier alpha value is -2.33. The summed E-state index contributed by atoms with van der Waals surface area (Å²) in [5.41, 5.74) is 0. The molecule has 4 aromatic rings. The lowest BCUT2D eigenvalue weighted by atomic mass is 10.3. The van der Waals surface area contributed by atoms with Gasteiger partial charge in [-0.1, -0.05) is 77.8 Å². The number of aromatic nitrogens is 2. The molecule has 3 aromatic carbocycles. The molecule has 0 N–H and O–H groups in total. The van der Waals surface area contributed by atoms with Crippen molar-refractivity contribution in [2.75, 3.05) is 0 Å². The molecule has 0 fully saturated rings. The predicted molar refractivity (Wildman–Crippen MR) is 116 cm³/mol. The highest BCUT2D eigenvalue weighted by atomic mass is 35.5. The number of rotatable bonds is 5. The average molecular weight is 409 g/mol. The van der Waals surface area contributed by atoms with Gasteiger partial charge in [-0.2, -0.15) is 0 Å². The normalized spacial score (nSPS) is 11.5. The standard InChI is InChI=1S/C22H18Cl2N2Si/c23-18-6-10-21(11-7-18)27(17-26-15-14-25-16-26,20-4-2-1-3-5-20)22-12-8-19(24)9-13-22/h1-16H,17H2. The van der Waals surface area contributed by atoms with Crippen molar-refractivity contribution >= 4 is 46.8 Å². The second-order valence-corrected chi connectivity index (χ2v) is 11.3. The van der Waals surface area contributed by atoms with Crippen molar-refractivity contribution in [3.63, 3.8) is 0 Å². The number of halogens is 2. The zero-order valence-electron chi connectivity index (χ0n) is 14.6. The van der Waals surface area contributed by atoms with Crippen LogP contribution in [0.1, 0.15) is 0 Å². The molecule has 0 bridgehead atoms. The molecule has 27 heavy (non-hydrogen) atoms. The Labute approximate surface area is 170 Å². The van der Waals surface area contributed by atoms with Crippen LogP contribution in [-0.4, -0.2) is 17.6 Å². The summed E-state index contributed by atoms with van der Waals surface area (Å²) in [6, 6.07) is 27.3. The molecule has 5 heteroatoms. The van der Waals surface area contributed by atoms with Gasteiger partial charge < -0.3 is 4.57 Å². The Morgan fingerprint density at radius 3 is 1.70 bits per heavy atom. The molecule has 0 radical (unpaired) electrons. The number of nitrogens with zero attached hydrogens (tertiary/aromatic N) is 2. The Morgan fingerprint density at radius 2 is 1.22 bits per heavy atom. The maximum Gasteiger partial charge on any atom is 0.168 e. The highest BCUT2D eigenvalue weighted by molar-refractivity contribution is 7.10. The fourth-order valence-corrected chi connectivity index (χ4v) is 8.39. The quantitative estimate of drug-likeness (QED) is 0.361. The summed E-state index contributed by atoms with van der Waals surface area (Å²) in [6.07, 6.45) is 6.58. The first-order valence-corrected chi connectivity index (χ1v) is 11.7. The van der Waals surface area contributed by atoms with Crippen LogP contribution in [-0.2, 0) is 6.17 Å². The summed E-state index contributed by atoms with van der Waals surface area (Å²) in [6.45, 7) is 0. The lowest BCUT2D eigenvalue weighted by molar-refractivity contribution is 0.862. The lowest BCUT2D eigenvalue weighted by Crippen LogP contribution is -2.69. The maximum absolute atomic E-state index is 6.20. The van der Waals surface area contributed by atoms with Crippen molar-refractivity contribution in [3.8, 4) is 0 Å². The summed E-state index contributed by atoms with van der Waals surface area (Å²) in [4.78, 5) is 4.26. The third kappa shape index (κ3) is 3.59. The van der Waals surface area contributed by atoms with Crippen LogP contribution in [0, 0.1) is 0 Å². The summed E-state index contributed by atoms with van der Waals surface area (Å²) >= 11 is 12.4. The number of benzene rings is 3. The van der Waals surface area contributed by atoms with Crippen molar-refractivity contribution in [1.82, 2.24) is 9.55 Å². The van der Waals surface area contributed by atoms with E-state index in [0.717, 1.165) is 16.2 Å². The first kappa shape index (κ1) is 18.0. The van der Waals surface area contributed by atoms with Gasteiger partial charge in [-0.05, 0) is 39.8 Å². The van der Waals surface area contributed by atoms with Gasteiger partial charge in [0.15, 0.2) is 8.07 Å². The molecule has 0 amide bonds. The molecule has 0 aliphatic carbocycles. The van der Waals surface area contributed by atoms with Gasteiger partial charge in [0.2, 0.25) is 0 Å². The average Bonchev–Trinajstić information content (AvgIpc) is 3.21. The maximum atomic E-state index is 6.20. The fraction of sp³-hybridized carbons (Fsp3) is 0.0455. The lowest BCUT2D eigenvalue weighted by Gasteiger charge is -2.34. The molecule has 0 spiro atoms. The Balaban J connectivity index is 2.01. The molecule has 134 valence electrons. The van der Waals surface area contributed by atoms with Crippen LogP contribution >= 0.6 is 23.2 Å². The van der Waals surface area contributed by atoms with Gasteiger partial charge in [0.1, 0.15) is 0 Å². The van der Waals surface area contributed by atoms with Crippen molar-refractivity contribution in [3.05, 3.63) is 108 Å². The smallest absolute Gasteiger partial charge is 0.168 e. The van der Waals surface area contributed by atoms with Gasteiger partial charge in [0, 0.05) is 28.6 Å². The summed E-state index contributed by atoms with van der Waals surface area (Å²) in [7, 11) is -2.37. The molecule has 0 saturated carbocycles. The zero-order chi connectivity index (χ0) is 18.7. The zero-order valence-corrected chi connectivity index (χ0v) is 17.1. The van der Waals surface area contributed by atoms with Crippen molar-refractivity contribution in [2.24, 2.45) is 0 Å². The molecule has 0 saturated heterocycles. The highest BCUT2D eigenvalue weighted by Crippen LogP contribution is 2.15. The largest absolute Gasteiger partial charge is 0.339 e. The minimum absolute atomic E-state index is 0.744. The first-order valence-electron chi connectivity index (χ1n) is 8.72. The number of hydrogen-bond acceptors (Lipinski definition) is 1. The second kappa shape index (κ2) is 7.73. The van der Waals surface area contributed by atoms with Gasteiger partial charge in [-0.25, -0.2) is 4.98 Å². The summed E-state index contributed by atoms with van der Waals surface area (Å²) < 4.78 is 2.17. The topological polar surface area (TPSA) is 17.8 Å². The van der Waals surface area contributed by atoms with E-state index in [2.05, 4.69) is 64.1 Å². The number of imidazole rings is 1. The van der Waals surface area contributed by atoms with E-state index in [1.807, 2.05) is 43.0 Å². The van der Waals surface area contributed by atoms with Crippen LogP contribution in [0.4, 0.5) is 0 Å². The van der Waals surface area contributed by atoms with E-state index in [1.165, 1.54) is 15.6 Å². The molecule has 1 aromatic heterocycles. The SMILES string of the molecule is Clc1ccc([Si](Cn2ccnc2)(c2ccccc2)c2ccc(Cl)cc2)cc1. The van der Waals surface area contributed by atoms with Gasteiger partial charge in [-0.15, -0.1) is 0 Å². The molecule has 0 aliphatic heterocycles. The predicted octanol–water partition coefficient (Wildman–Crippen LogP) is 3.90. The van der Waals surface area contributed by atoms with Crippen LogP contribution in [0.3, 0.4) is 0 Å². The van der Waals surface area contributed by atoms with E-state index in [0.29, 0.717) is 0 Å². The van der Waals surface area contributed by atoms with Gasteiger partial charge in [0.05, 0.1) is 6.33 Å².